The predicted octanol–water partition coefficient (Wildman–Crippen LogP) is 1.94. The molecule has 0 spiro atoms. The first-order valence-electron chi connectivity index (χ1n) is 6.72. The normalized spacial score (nSPS) is 16.4. The van der Waals surface area contributed by atoms with Crippen molar-refractivity contribution in [2.45, 2.75) is 39.2 Å². The first-order valence-corrected chi connectivity index (χ1v) is 6.72. The largest absolute Gasteiger partial charge is 0.370 e. The molecule has 0 saturated carbocycles. The number of nitrogens with zero attached hydrogens (tertiary/aromatic N) is 2. The zero-order valence-electron chi connectivity index (χ0n) is 11.2. The number of pyridine rings is 1. The number of amides is 2. The summed E-state index contributed by atoms with van der Waals surface area (Å²) in [5.74, 6) is 0.663. The Labute approximate surface area is 113 Å². The predicted molar refractivity (Wildman–Crippen MR) is 72.4 cm³/mol. The number of aromatic nitrogens is 1. The molecule has 0 atom stereocenters. The van der Waals surface area contributed by atoms with Gasteiger partial charge in [0.05, 0.1) is 6.54 Å². The van der Waals surface area contributed by atoms with E-state index in [0.29, 0.717) is 19.4 Å². The molecule has 5 nitrogen and oxygen atoms in total. The van der Waals surface area contributed by atoms with Crippen LogP contribution < -0.4 is 5.32 Å². The monoisotopic (exact) mass is 261 g/mol. The summed E-state index contributed by atoms with van der Waals surface area (Å²) < 4.78 is 0. The Hall–Kier alpha value is -1.91. The zero-order chi connectivity index (χ0) is 13.7. The highest BCUT2D eigenvalue weighted by atomic mass is 16.2. The van der Waals surface area contributed by atoms with E-state index in [1.54, 1.807) is 6.20 Å². The van der Waals surface area contributed by atoms with Crippen LogP contribution in [0.1, 0.15) is 38.2 Å². The van der Waals surface area contributed by atoms with E-state index in [1.807, 2.05) is 19.1 Å². The van der Waals surface area contributed by atoms with Crippen LogP contribution in [0.2, 0.25) is 0 Å². The van der Waals surface area contributed by atoms with Gasteiger partial charge in [-0.05, 0) is 31.4 Å². The summed E-state index contributed by atoms with van der Waals surface area (Å²) in [5, 5.41) is 3.11. The molecule has 2 heterocycles. The molecule has 1 aromatic rings. The standard InChI is InChI=1S/C14H19N3O2/c1-2-15-12-8-7-11(9-16-12)10-17-13(18)5-3-4-6-14(17)19/h7-9H,2-6,10H2,1H3,(H,15,16). The van der Waals surface area contributed by atoms with Gasteiger partial charge >= 0.3 is 0 Å². The minimum atomic E-state index is -0.0711. The molecule has 2 rings (SSSR count). The molecule has 0 aromatic carbocycles. The number of nitrogens with one attached hydrogen (secondary N) is 1. The van der Waals surface area contributed by atoms with Crippen molar-refractivity contribution >= 4 is 17.6 Å². The number of anilines is 1. The maximum absolute atomic E-state index is 11.9. The fraction of sp³-hybridized carbons (Fsp3) is 0.500. The number of hydrogen-bond acceptors (Lipinski definition) is 4. The van der Waals surface area contributed by atoms with Crippen molar-refractivity contribution in [3.63, 3.8) is 0 Å². The van der Waals surface area contributed by atoms with Crippen molar-refractivity contribution in [2.24, 2.45) is 0 Å². The van der Waals surface area contributed by atoms with Gasteiger partial charge in [0.15, 0.2) is 0 Å². The van der Waals surface area contributed by atoms with Crippen LogP contribution in [0.15, 0.2) is 18.3 Å². The van der Waals surface area contributed by atoms with Gasteiger partial charge in [0.2, 0.25) is 11.8 Å². The molecule has 102 valence electrons. The molecule has 1 N–H and O–H groups in total. The Bertz CT molecular complexity index is 438. The van der Waals surface area contributed by atoms with Crippen molar-refractivity contribution in [1.29, 1.82) is 0 Å². The average molecular weight is 261 g/mol. The lowest BCUT2D eigenvalue weighted by Gasteiger charge is -2.18. The smallest absolute Gasteiger partial charge is 0.229 e. The lowest BCUT2D eigenvalue weighted by atomic mass is 10.2. The van der Waals surface area contributed by atoms with Crippen molar-refractivity contribution < 1.29 is 9.59 Å². The summed E-state index contributed by atoms with van der Waals surface area (Å²) in [6.07, 6.45) is 4.25. The highest BCUT2D eigenvalue weighted by molar-refractivity contribution is 5.95. The molecule has 1 saturated heterocycles. The van der Waals surface area contributed by atoms with Crippen LogP contribution in [-0.4, -0.2) is 28.2 Å². The molecule has 0 radical (unpaired) electrons. The summed E-state index contributed by atoms with van der Waals surface area (Å²) in [6, 6.07) is 3.77. The van der Waals surface area contributed by atoms with Crippen molar-refractivity contribution in [1.82, 2.24) is 9.88 Å². The van der Waals surface area contributed by atoms with Crippen LogP contribution in [0.3, 0.4) is 0 Å². The Kier molecular flexibility index (Phi) is 4.49. The Morgan fingerprint density at radius 2 is 1.89 bits per heavy atom. The van der Waals surface area contributed by atoms with Gasteiger partial charge in [-0.1, -0.05) is 6.07 Å². The summed E-state index contributed by atoms with van der Waals surface area (Å²) >= 11 is 0. The van der Waals surface area contributed by atoms with Crippen LogP contribution in [0.5, 0.6) is 0 Å². The molecule has 0 unspecified atom stereocenters. The van der Waals surface area contributed by atoms with E-state index in [-0.39, 0.29) is 11.8 Å². The second-order valence-electron chi connectivity index (χ2n) is 4.66. The van der Waals surface area contributed by atoms with E-state index in [1.165, 1.54) is 4.90 Å². The molecule has 5 heteroatoms. The third kappa shape index (κ3) is 3.53. The summed E-state index contributed by atoms with van der Waals surface area (Å²) in [5.41, 5.74) is 0.880. The number of rotatable bonds is 4. The quantitative estimate of drug-likeness (QED) is 0.841. The topological polar surface area (TPSA) is 62.3 Å². The van der Waals surface area contributed by atoms with E-state index in [0.717, 1.165) is 30.8 Å². The van der Waals surface area contributed by atoms with E-state index >= 15 is 0 Å². The molecule has 1 aromatic heterocycles. The molecule has 2 amide bonds. The van der Waals surface area contributed by atoms with Gasteiger partial charge in [-0.2, -0.15) is 0 Å². The fourth-order valence-corrected chi connectivity index (χ4v) is 2.12. The maximum Gasteiger partial charge on any atom is 0.229 e. The number of hydrogen-bond donors (Lipinski definition) is 1. The molecule has 1 aliphatic rings. The first kappa shape index (κ1) is 13.5. The Morgan fingerprint density at radius 1 is 1.21 bits per heavy atom. The Morgan fingerprint density at radius 3 is 2.42 bits per heavy atom. The second-order valence-corrected chi connectivity index (χ2v) is 4.66. The molecule has 19 heavy (non-hydrogen) atoms. The summed E-state index contributed by atoms with van der Waals surface area (Å²) in [6.45, 7) is 3.15. The molecule has 1 aliphatic heterocycles. The number of likely N-dealkylation sites (tertiary alicyclic amines) is 1. The summed E-state index contributed by atoms with van der Waals surface area (Å²) in [7, 11) is 0. The lowest BCUT2D eigenvalue weighted by molar-refractivity contribution is -0.144. The SMILES string of the molecule is CCNc1ccc(CN2C(=O)CCCCC2=O)cn1. The van der Waals surface area contributed by atoms with Gasteiger partial charge in [-0.15, -0.1) is 0 Å². The molecule has 0 aliphatic carbocycles. The number of carbonyl (C=O) groups excluding carboxylic acids is 2. The Balaban J connectivity index is 2.06. The second kappa shape index (κ2) is 6.31. The van der Waals surface area contributed by atoms with E-state index in [2.05, 4.69) is 10.3 Å². The van der Waals surface area contributed by atoms with Crippen molar-refractivity contribution in [3.8, 4) is 0 Å². The van der Waals surface area contributed by atoms with E-state index < -0.39 is 0 Å². The minimum absolute atomic E-state index is 0.0711. The third-order valence-electron chi connectivity index (χ3n) is 3.16. The zero-order valence-corrected chi connectivity index (χ0v) is 11.2. The average Bonchev–Trinajstić information content (AvgIpc) is 2.56. The van der Waals surface area contributed by atoms with Gasteiger partial charge in [-0.3, -0.25) is 14.5 Å². The van der Waals surface area contributed by atoms with Gasteiger partial charge in [-0.25, -0.2) is 4.98 Å². The highest BCUT2D eigenvalue weighted by Gasteiger charge is 2.23. The van der Waals surface area contributed by atoms with E-state index in [9.17, 15) is 9.59 Å². The van der Waals surface area contributed by atoms with Gasteiger partial charge in [0.1, 0.15) is 5.82 Å². The molecular weight excluding hydrogens is 242 g/mol. The van der Waals surface area contributed by atoms with Gasteiger partial charge < -0.3 is 5.32 Å². The van der Waals surface area contributed by atoms with Gasteiger partial charge in [0, 0.05) is 25.6 Å². The van der Waals surface area contributed by atoms with Crippen LogP contribution >= 0.6 is 0 Å². The number of imide groups is 1. The molecular formula is C14H19N3O2. The van der Waals surface area contributed by atoms with Crippen LogP contribution in [-0.2, 0) is 16.1 Å². The number of carbonyl (C=O) groups is 2. The summed E-state index contributed by atoms with van der Waals surface area (Å²) in [4.78, 5) is 29.3. The van der Waals surface area contributed by atoms with Gasteiger partial charge in [0.25, 0.3) is 0 Å². The third-order valence-corrected chi connectivity index (χ3v) is 3.16. The van der Waals surface area contributed by atoms with Crippen molar-refractivity contribution in [3.05, 3.63) is 23.9 Å². The fourth-order valence-electron chi connectivity index (χ4n) is 2.12. The van der Waals surface area contributed by atoms with Crippen LogP contribution in [0.4, 0.5) is 5.82 Å². The van der Waals surface area contributed by atoms with E-state index in [4.69, 9.17) is 0 Å². The van der Waals surface area contributed by atoms with Crippen molar-refractivity contribution in [2.75, 3.05) is 11.9 Å². The molecule has 0 bridgehead atoms. The highest BCUT2D eigenvalue weighted by Crippen LogP contribution is 2.16. The lowest BCUT2D eigenvalue weighted by Crippen LogP contribution is -2.34. The minimum Gasteiger partial charge on any atom is -0.370 e. The van der Waals surface area contributed by atoms with Crippen LogP contribution in [0.25, 0.3) is 0 Å². The van der Waals surface area contributed by atoms with Crippen LogP contribution in [0, 0.1) is 0 Å². The molecule has 1 fully saturated rings. The first-order chi connectivity index (χ1) is 9.20. The maximum atomic E-state index is 11.9.